The van der Waals surface area contributed by atoms with Crippen molar-refractivity contribution in [2.45, 2.75) is 27.2 Å². The summed E-state index contributed by atoms with van der Waals surface area (Å²) >= 11 is 0. The molecular weight excluding hydrogens is 338 g/mol. The highest BCUT2D eigenvalue weighted by Crippen LogP contribution is 2.19. The number of benzene rings is 1. The lowest BCUT2D eigenvalue weighted by Crippen LogP contribution is -2.25. The Bertz CT molecular complexity index is 986. The first-order chi connectivity index (χ1) is 13.0. The minimum absolute atomic E-state index is 0.166. The number of aryl methyl sites for hydroxylation is 2. The number of carbonyl (C=O) groups excluding carboxylic acids is 1. The first kappa shape index (κ1) is 18.7. The highest BCUT2D eigenvalue weighted by atomic mass is 16.1. The molecule has 0 unspecified atom stereocenters. The van der Waals surface area contributed by atoms with Gasteiger partial charge in [-0.3, -0.25) is 4.79 Å². The molecule has 27 heavy (non-hydrogen) atoms. The van der Waals surface area contributed by atoms with Gasteiger partial charge in [-0.15, -0.1) is 0 Å². The van der Waals surface area contributed by atoms with Gasteiger partial charge >= 0.3 is 0 Å². The van der Waals surface area contributed by atoms with E-state index in [2.05, 4.69) is 34.2 Å². The van der Waals surface area contributed by atoms with Crippen molar-refractivity contribution in [3.8, 4) is 0 Å². The molecular formula is C21H25N5O. The number of hydrazine groups is 1. The molecule has 140 valence electrons. The highest BCUT2D eigenvalue weighted by Gasteiger charge is 2.14. The Morgan fingerprint density at radius 2 is 1.93 bits per heavy atom. The number of anilines is 1. The third-order valence-electron chi connectivity index (χ3n) is 4.31. The maximum absolute atomic E-state index is 12.7. The first-order valence-corrected chi connectivity index (χ1v) is 9.03. The predicted molar refractivity (Wildman–Crippen MR) is 110 cm³/mol. The zero-order valence-electron chi connectivity index (χ0n) is 16.1. The molecule has 6 nitrogen and oxygen atoms in total. The van der Waals surface area contributed by atoms with Gasteiger partial charge < -0.3 is 15.1 Å². The Kier molecular flexibility index (Phi) is 5.57. The van der Waals surface area contributed by atoms with Crippen molar-refractivity contribution in [3.05, 3.63) is 71.2 Å². The summed E-state index contributed by atoms with van der Waals surface area (Å²) in [6, 6.07) is 11.6. The Hall–Kier alpha value is -3.12. The van der Waals surface area contributed by atoms with E-state index < -0.39 is 0 Å². The molecule has 0 bridgehead atoms. The van der Waals surface area contributed by atoms with Gasteiger partial charge in [0.2, 0.25) is 0 Å². The standard InChI is InChI=1S/C21H25N5O/c1-5-6-19(25-22-4)16-7-9-17(10-8-16)24-21(27)18-11-12-26-15(3)13-14(2)23-20(18)26/h6-13,22,25H,5H2,1-4H3,(H,24,27)/b19-6-. The van der Waals surface area contributed by atoms with Crippen LogP contribution >= 0.6 is 0 Å². The molecule has 6 heteroatoms. The Morgan fingerprint density at radius 1 is 1.19 bits per heavy atom. The largest absolute Gasteiger partial charge is 0.322 e. The van der Waals surface area contributed by atoms with E-state index in [1.54, 1.807) is 6.07 Å². The number of nitrogens with one attached hydrogen (secondary N) is 3. The van der Waals surface area contributed by atoms with E-state index in [0.717, 1.165) is 34.8 Å². The van der Waals surface area contributed by atoms with Gasteiger partial charge in [0.1, 0.15) is 5.65 Å². The molecule has 0 atom stereocenters. The number of nitrogens with zero attached hydrogens (tertiary/aromatic N) is 2. The van der Waals surface area contributed by atoms with E-state index in [9.17, 15) is 4.79 Å². The molecule has 0 aliphatic heterocycles. The quantitative estimate of drug-likeness (QED) is 0.584. The van der Waals surface area contributed by atoms with Crippen molar-refractivity contribution >= 4 is 22.9 Å². The lowest BCUT2D eigenvalue weighted by atomic mass is 10.1. The van der Waals surface area contributed by atoms with Crippen LogP contribution in [0.25, 0.3) is 11.3 Å². The van der Waals surface area contributed by atoms with E-state index in [1.165, 1.54) is 0 Å². The van der Waals surface area contributed by atoms with Gasteiger partial charge in [0.15, 0.2) is 0 Å². The number of rotatable bonds is 6. The van der Waals surface area contributed by atoms with E-state index in [0.29, 0.717) is 11.2 Å². The summed E-state index contributed by atoms with van der Waals surface area (Å²) in [4.78, 5) is 17.3. The number of hydrogen-bond acceptors (Lipinski definition) is 4. The van der Waals surface area contributed by atoms with Crippen LogP contribution in [-0.4, -0.2) is 22.3 Å². The van der Waals surface area contributed by atoms with Crippen LogP contribution < -0.4 is 16.2 Å². The van der Waals surface area contributed by atoms with Gasteiger partial charge in [-0.05, 0) is 50.1 Å². The van der Waals surface area contributed by atoms with Crippen LogP contribution in [0.5, 0.6) is 0 Å². The summed E-state index contributed by atoms with van der Waals surface area (Å²) in [5.74, 6) is -0.166. The average molecular weight is 363 g/mol. The van der Waals surface area contributed by atoms with Crippen molar-refractivity contribution in [2.24, 2.45) is 0 Å². The third-order valence-corrected chi connectivity index (χ3v) is 4.31. The smallest absolute Gasteiger partial charge is 0.259 e. The molecule has 0 saturated carbocycles. The monoisotopic (exact) mass is 363 g/mol. The summed E-state index contributed by atoms with van der Waals surface area (Å²) in [6.45, 7) is 6.02. The number of fused-ring (bicyclic) bond motifs is 1. The van der Waals surface area contributed by atoms with Crippen LogP contribution in [0.2, 0.25) is 0 Å². The molecule has 0 aliphatic carbocycles. The second-order valence-corrected chi connectivity index (χ2v) is 6.39. The molecule has 0 radical (unpaired) electrons. The Morgan fingerprint density at radius 3 is 2.59 bits per heavy atom. The van der Waals surface area contributed by atoms with Gasteiger partial charge in [-0.2, -0.15) is 0 Å². The lowest BCUT2D eigenvalue weighted by molar-refractivity contribution is 0.102. The number of carbonyl (C=O) groups is 1. The van der Waals surface area contributed by atoms with Gasteiger partial charge in [-0.1, -0.05) is 25.1 Å². The average Bonchev–Trinajstić information content (AvgIpc) is 3.06. The second-order valence-electron chi connectivity index (χ2n) is 6.39. The van der Waals surface area contributed by atoms with E-state index >= 15 is 0 Å². The Labute approximate surface area is 159 Å². The summed E-state index contributed by atoms with van der Waals surface area (Å²) < 4.78 is 1.93. The molecule has 0 fully saturated rings. The fourth-order valence-corrected chi connectivity index (χ4v) is 3.08. The molecule has 3 N–H and O–H groups in total. The molecule has 1 amide bonds. The minimum atomic E-state index is -0.166. The zero-order chi connectivity index (χ0) is 19.4. The molecule has 3 rings (SSSR count). The Balaban J connectivity index is 1.82. The molecule has 1 aromatic carbocycles. The number of aromatic nitrogens is 2. The summed E-state index contributed by atoms with van der Waals surface area (Å²) in [5, 5.41) is 2.96. The van der Waals surface area contributed by atoms with Gasteiger partial charge in [-0.25, -0.2) is 10.4 Å². The maximum atomic E-state index is 12.7. The van der Waals surface area contributed by atoms with Crippen molar-refractivity contribution in [2.75, 3.05) is 12.4 Å². The van der Waals surface area contributed by atoms with Crippen molar-refractivity contribution < 1.29 is 4.79 Å². The van der Waals surface area contributed by atoms with Crippen LogP contribution in [0.3, 0.4) is 0 Å². The van der Waals surface area contributed by atoms with Gasteiger partial charge in [0.05, 0.1) is 11.3 Å². The molecule has 3 aromatic rings. The van der Waals surface area contributed by atoms with Crippen molar-refractivity contribution in [3.63, 3.8) is 0 Å². The van der Waals surface area contributed by atoms with Crippen molar-refractivity contribution in [1.82, 2.24) is 20.2 Å². The number of amides is 1. The van der Waals surface area contributed by atoms with E-state index in [1.807, 2.05) is 61.8 Å². The summed E-state index contributed by atoms with van der Waals surface area (Å²) in [5.41, 5.74) is 12.0. The molecule has 0 aliphatic rings. The topological polar surface area (TPSA) is 70.5 Å². The molecule has 2 heterocycles. The maximum Gasteiger partial charge on any atom is 0.259 e. The molecule has 0 saturated heterocycles. The molecule has 2 aromatic heterocycles. The van der Waals surface area contributed by atoms with E-state index in [4.69, 9.17) is 0 Å². The van der Waals surface area contributed by atoms with Crippen LogP contribution in [0.1, 0.15) is 40.7 Å². The normalized spacial score (nSPS) is 11.6. The third kappa shape index (κ3) is 4.01. The minimum Gasteiger partial charge on any atom is -0.322 e. The highest BCUT2D eigenvalue weighted by molar-refractivity contribution is 6.08. The zero-order valence-corrected chi connectivity index (χ0v) is 16.1. The van der Waals surface area contributed by atoms with Crippen LogP contribution in [0.4, 0.5) is 5.69 Å². The van der Waals surface area contributed by atoms with E-state index in [-0.39, 0.29) is 5.91 Å². The summed E-state index contributed by atoms with van der Waals surface area (Å²) in [7, 11) is 1.83. The van der Waals surface area contributed by atoms with Crippen LogP contribution in [0, 0.1) is 13.8 Å². The summed E-state index contributed by atoms with van der Waals surface area (Å²) in [6.07, 6.45) is 4.91. The lowest BCUT2D eigenvalue weighted by Gasteiger charge is -2.11. The SMILES string of the molecule is CC/C=C(\NNC)c1ccc(NC(=O)c2ccn3c(C)cc(C)nc23)cc1. The fourth-order valence-electron chi connectivity index (χ4n) is 3.08. The number of hydrogen-bond donors (Lipinski definition) is 3. The van der Waals surface area contributed by atoms with Crippen LogP contribution in [0.15, 0.2) is 48.7 Å². The first-order valence-electron chi connectivity index (χ1n) is 9.03. The second kappa shape index (κ2) is 8.05. The molecule has 0 spiro atoms. The fraction of sp³-hybridized carbons (Fsp3) is 0.238. The van der Waals surface area contributed by atoms with Crippen LogP contribution in [-0.2, 0) is 0 Å². The van der Waals surface area contributed by atoms with Gasteiger partial charge in [0, 0.05) is 30.3 Å². The predicted octanol–water partition coefficient (Wildman–Crippen LogP) is 3.68. The number of allylic oxidation sites excluding steroid dienone is 1. The van der Waals surface area contributed by atoms with Crippen molar-refractivity contribution in [1.29, 1.82) is 0 Å². The van der Waals surface area contributed by atoms with Gasteiger partial charge in [0.25, 0.3) is 5.91 Å².